The summed E-state index contributed by atoms with van der Waals surface area (Å²) in [5.74, 6) is 0.601. The summed E-state index contributed by atoms with van der Waals surface area (Å²) in [6.07, 6.45) is 9.04. The lowest BCUT2D eigenvalue weighted by molar-refractivity contribution is -0.114. The molecular formula is C14H19N3O. The van der Waals surface area contributed by atoms with E-state index in [4.69, 9.17) is 5.73 Å². The zero-order chi connectivity index (χ0) is 12.3. The molecule has 1 aliphatic carbocycles. The van der Waals surface area contributed by atoms with Crippen molar-refractivity contribution in [2.75, 3.05) is 13.1 Å². The molecule has 3 unspecified atom stereocenters. The molecule has 4 aliphatic rings. The maximum absolute atomic E-state index is 11.3. The molecule has 3 atom stereocenters. The number of piperazine rings is 1. The van der Waals surface area contributed by atoms with E-state index in [1.54, 1.807) is 0 Å². The number of hydrogen-bond acceptors (Lipinski definition) is 3. The van der Waals surface area contributed by atoms with Gasteiger partial charge in [-0.1, -0.05) is 6.08 Å². The number of amides is 1. The third kappa shape index (κ3) is 1.38. The summed E-state index contributed by atoms with van der Waals surface area (Å²) >= 11 is 0. The first-order chi connectivity index (χ1) is 8.72. The van der Waals surface area contributed by atoms with Crippen LogP contribution in [-0.2, 0) is 4.79 Å². The van der Waals surface area contributed by atoms with Crippen LogP contribution in [0.5, 0.6) is 0 Å². The molecule has 0 aromatic carbocycles. The van der Waals surface area contributed by atoms with Crippen molar-refractivity contribution in [1.29, 1.82) is 0 Å². The zero-order valence-corrected chi connectivity index (χ0v) is 10.5. The Balaban J connectivity index is 1.60. The molecule has 0 aromatic heterocycles. The molecule has 2 bridgehead atoms. The van der Waals surface area contributed by atoms with Crippen molar-refractivity contribution in [3.05, 3.63) is 23.5 Å². The lowest BCUT2D eigenvalue weighted by Gasteiger charge is -2.46. The number of nitrogens with two attached hydrogens (primary N) is 1. The second kappa shape index (κ2) is 3.60. The minimum absolute atomic E-state index is 0.277. The number of piperidine rings is 1. The predicted molar refractivity (Wildman–Crippen MR) is 68.3 cm³/mol. The highest BCUT2D eigenvalue weighted by Crippen LogP contribution is 2.45. The van der Waals surface area contributed by atoms with Gasteiger partial charge in [-0.05, 0) is 31.6 Å². The number of rotatable bonds is 1. The van der Waals surface area contributed by atoms with Crippen molar-refractivity contribution in [2.24, 2.45) is 11.7 Å². The minimum Gasteiger partial charge on any atom is -0.366 e. The number of carbonyl (C=O) groups excluding carboxylic acids is 1. The van der Waals surface area contributed by atoms with E-state index in [0.717, 1.165) is 30.6 Å². The van der Waals surface area contributed by atoms with Gasteiger partial charge in [-0.25, -0.2) is 0 Å². The van der Waals surface area contributed by atoms with Gasteiger partial charge < -0.3 is 10.6 Å². The van der Waals surface area contributed by atoms with E-state index in [0.29, 0.717) is 12.5 Å². The van der Waals surface area contributed by atoms with Gasteiger partial charge in [0.25, 0.3) is 0 Å². The molecule has 18 heavy (non-hydrogen) atoms. The summed E-state index contributed by atoms with van der Waals surface area (Å²) in [5.41, 5.74) is 7.49. The van der Waals surface area contributed by atoms with Crippen LogP contribution in [0.3, 0.4) is 0 Å². The van der Waals surface area contributed by atoms with Crippen molar-refractivity contribution in [1.82, 2.24) is 9.80 Å². The van der Waals surface area contributed by atoms with Crippen LogP contribution in [0.4, 0.5) is 0 Å². The Labute approximate surface area is 107 Å². The molecule has 4 nitrogen and oxygen atoms in total. The lowest BCUT2D eigenvalue weighted by Crippen LogP contribution is -2.53. The van der Waals surface area contributed by atoms with Gasteiger partial charge in [0, 0.05) is 42.6 Å². The number of primary amides is 1. The van der Waals surface area contributed by atoms with Crippen LogP contribution in [0, 0.1) is 5.92 Å². The molecule has 0 spiro atoms. The highest BCUT2D eigenvalue weighted by atomic mass is 16.1. The van der Waals surface area contributed by atoms with Gasteiger partial charge in [-0.15, -0.1) is 0 Å². The molecule has 4 rings (SSSR count). The first-order valence-corrected chi connectivity index (χ1v) is 6.94. The van der Waals surface area contributed by atoms with Gasteiger partial charge in [-0.2, -0.15) is 0 Å². The van der Waals surface area contributed by atoms with Crippen LogP contribution in [-0.4, -0.2) is 40.9 Å². The largest absolute Gasteiger partial charge is 0.366 e. The maximum atomic E-state index is 11.3. The van der Waals surface area contributed by atoms with Crippen molar-refractivity contribution in [2.45, 2.75) is 37.8 Å². The van der Waals surface area contributed by atoms with Crippen LogP contribution in [0.15, 0.2) is 23.5 Å². The Kier molecular flexibility index (Phi) is 2.13. The van der Waals surface area contributed by atoms with Gasteiger partial charge in [0.1, 0.15) is 0 Å². The molecule has 1 amide bonds. The summed E-state index contributed by atoms with van der Waals surface area (Å²) in [6.45, 7) is 2.11. The van der Waals surface area contributed by atoms with E-state index in [1.807, 2.05) is 6.20 Å². The third-order valence-corrected chi connectivity index (χ3v) is 5.17. The Morgan fingerprint density at radius 1 is 1.39 bits per heavy atom. The van der Waals surface area contributed by atoms with Crippen LogP contribution < -0.4 is 5.73 Å². The van der Waals surface area contributed by atoms with Crippen LogP contribution in [0.25, 0.3) is 0 Å². The number of fused-ring (bicyclic) bond motifs is 6. The molecule has 3 fully saturated rings. The van der Waals surface area contributed by atoms with E-state index >= 15 is 0 Å². The zero-order valence-electron chi connectivity index (χ0n) is 10.5. The summed E-state index contributed by atoms with van der Waals surface area (Å²) < 4.78 is 0. The summed E-state index contributed by atoms with van der Waals surface area (Å²) in [6, 6.07) is 1.52. The molecular weight excluding hydrogens is 226 g/mol. The molecule has 2 N–H and O–H groups in total. The SMILES string of the molecule is NC(=O)C1=CN2CC3C4CCC(C4)N3CC2=CC1. The smallest absolute Gasteiger partial charge is 0.246 e. The topological polar surface area (TPSA) is 49.6 Å². The first-order valence-electron chi connectivity index (χ1n) is 6.94. The van der Waals surface area contributed by atoms with Crippen LogP contribution in [0.2, 0.25) is 0 Å². The van der Waals surface area contributed by atoms with E-state index in [-0.39, 0.29) is 5.91 Å². The fraction of sp³-hybridized carbons (Fsp3) is 0.643. The highest BCUT2D eigenvalue weighted by Gasteiger charge is 2.48. The average Bonchev–Trinajstić information content (AvgIpc) is 2.97. The second-order valence-electron chi connectivity index (χ2n) is 6.04. The number of carbonyl (C=O) groups is 1. The van der Waals surface area contributed by atoms with Gasteiger partial charge in [0.15, 0.2) is 0 Å². The van der Waals surface area contributed by atoms with Gasteiger partial charge in [0.05, 0.1) is 0 Å². The Morgan fingerprint density at radius 3 is 3.11 bits per heavy atom. The highest BCUT2D eigenvalue weighted by molar-refractivity contribution is 5.92. The molecule has 96 valence electrons. The Bertz CT molecular complexity index is 468. The van der Waals surface area contributed by atoms with Crippen molar-refractivity contribution in [3.63, 3.8) is 0 Å². The number of hydrogen-bond donors (Lipinski definition) is 1. The molecule has 0 radical (unpaired) electrons. The summed E-state index contributed by atoms with van der Waals surface area (Å²) in [5, 5.41) is 0. The fourth-order valence-electron chi connectivity index (χ4n) is 4.23. The molecule has 0 aromatic rings. The van der Waals surface area contributed by atoms with E-state index < -0.39 is 0 Å². The number of allylic oxidation sites excluding steroid dienone is 1. The Hall–Kier alpha value is -1.29. The normalized spacial score (nSPS) is 38.0. The number of nitrogens with zero attached hydrogens (tertiary/aromatic N) is 2. The first kappa shape index (κ1) is 10.6. The third-order valence-electron chi connectivity index (χ3n) is 5.17. The van der Waals surface area contributed by atoms with Crippen molar-refractivity contribution >= 4 is 5.91 Å². The molecule has 4 heteroatoms. The quantitative estimate of drug-likeness (QED) is 0.744. The standard InChI is InChI=1S/C14H19N3O/c15-14(18)10-2-4-12-7-17-11-3-1-9(5-11)13(17)8-16(12)6-10/h4,6,9,11,13H,1-3,5,7-8H2,(H2,15,18). The second-order valence-corrected chi connectivity index (χ2v) is 6.04. The van der Waals surface area contributed by atoms with Gasteiger partial charge in [0.2, 0.25) is 5.91 Å². The van der Waals surface area contributed by atoms with E-state index in [2.05, 4.69) is 15.9 Å². The molecule has 1 saturated carbocycles. The van der Waals surface area contributed by atoms with E-state index in [1.165, 1.54) is 25.0 Å². The van der Waals surface area contributed by atoms with Crippen LogP contribution >= 0.6 is 0 Å². The lowest BCUT2D eigenvalue weighted by atomic mass is 9.94. The van der Waals surface area contributed by atoms with E-state index in [9.17, 15) is 4.79 Å². The fourth-order valence-corrected chi connectivity index (χ4v) is 4.23. The maximum Gasteiger partial charge on any atom is 0.246 e. The molecule has 2 saturated heterocycles. The van der Waals surface area contributed by atoms with Crippen LogP contribution in [0.1, 0.15) is 25.7 Å². The monoisotopic (exact) mass is 245 g/mol. The van der Waals surface area contributed by atoms with Gasteiger partial charge >= 0.3 is 0 Å². The molecule has 3 heterocycles. The molecule has 3 aliphatic heterocycles. The van der Waals surface area contributed by atoms with Crippen molar-refractivity contribution in [3.8, 4) is 0 Å². The Morgan fingerprint density at radius 2 is 2.28 bits per heavy atom. The summed E-state index contributed by atoms with van der Waals surface area (Å²) in [7, 11) is 0. The van der Waals surface area contributed by atoms with Gasteiger partial charge in [-0.3, -0.25) is 9.69 Å². The summed E-state index contributed by atoms with van der Waals surface area (Å²) in [4.78, 5) is 16.2. The minimum atomic E-state index is -0.277. The average molecular weight is 245 g/mol. The van der Waals surface area contributed by atoms with Crippen molar-refractivity contribution < 1.29 is 4.79 Å². The predicted octanol–water partition coefficient (Wildman–Crippen LogP) is 0.812.